The first-order valence-electron chi connectivity index (χ1n) is 7.81. The van der Waals surface area contributed by atoms with E-state index in [4.69, 9.17) is 4.74 Å². The van der Waals surface area contributed by atoms with E-state index in [2.05, 4.69) is 16.5 Å². The van der Waals surface area contributed by atoms with Crippen LogP contribution >= 0.6 is 0 Å². The fraction of sp³-hybridized carbons (Fsp3) is 0.625. The number of nitrogens with one attached hydrogen (secondary N) is 1. The van der Waals surface area contributed by atoms with E-state index in [0.29, 0.717) is 19.6 Å². The van der Waals surface area contributed by atoms with E-state index < -0.39 is 0 Å². The topological polar surface area (TPSA) is 56.2 Å². The third-order valence-corrected chi connectivity index (χ3v) is 4.19. The molecule has 1 aromatic rings. The van der Waals surface area contributed by atoms with Crippen molar-refractivity contribution in [2.45, 2.75) is 44.6 Å². The summed E-state index contributed by atoms with van der Waals surface area (Å²) >= 11 is 0. The predicted molar refractivity (Wildman–Crippen MR) is 79.8 cm³/mol. The molecule has 1 aromatic heterocycles. The van der Waals surface area contributed by atoms with Crippen LogP contribution in [-0.2, 0) is 23.0 Å². The van der Waals surface area contributed by atoms with E-state index in [-0.39, 0.29) is 12.0 Å². The molecule has 1 unspecified atom stereocenters. The number of carbonyl (C=O) groups excluding carboxylic acids is 1. The molecule has 5 nitrogen and oxygen atoms in total. The number of carbonyl (C=O) groups is 1. The highest BCUT2D eigenvalue weighted by Gasteiger charge is 2.24. The zero-order valence-corrected chi connectivity index (χ0v) is 12.6. The molecule has 1 aliphatic heterocycles. The van der Waals surface area contributed by atoms with Crippen molar-refractivity contribution in [2.24, 2.45) is 7.05 Å². The Bertz CT molecular complexity index is 548. The molecule has 2 aliphatic rings. The second-order valence-electron chi connectivity index (χ2n) is 5.91. The molecule has 1 aliphatic carbocycles. The van der Waals surface area contributed by atoms with Crippen LogP contribution in [0.3, 0.4) is 0 Å². The molecule has 114 valence electrons. The van der Waals surface area contributed by atoms with Crippen molar-refractivity contribution in [3.05, 3.63) is 29.1 Å². The minimum Gasteiger partial charge on any atom is -0.370 e. The molecule has 1 amide bonds. The number of nitrogens with zero attached hydrogens (tertiary/aromatic N) is 2. The molecule has 0 saturated heterocycles. The molecule has 3 rings (SSSR count). The molecule has 0 aromatic carbocycles. The van der Waals surface area contributed by atoms with Crippen LogP contribution < -0.4 is 5.32 Å². The number of aryl methyl sites for hydroxylation is 1. The lowest BCUT2D eigenvalue weighted by Gasteiger charge is -2.22. The van der Waals surface area contributed by atoms with Gasteiger partial charge in [-0.25, -0.2) is 0 Å². The standard InChI is InChI=1S/C16H23N3O2/c1-19-11-13-7-8-21-14(16(13)18-19)10-17-15(20)9-12-5-3-2-4-6-12/h5,11,14H,2-4,6-10H2,1H3,(H,17,20). The van der Waals surface area contributed by atoms with E-state index in [9.17, 15) is 4.79 Å². The average molecular weight is 289 g/mol. The van der Waals surface area contributed by atoms with Crippen LogP contribution in [0.4, 0.5) is 0 Å². The first-order valence-corrected chi connectivity index (χ1v) is 7.81. The van der Waals surface area contributed by atoms with Gasteiger partial charge in [-0.05, 0) is 37.7 Å². The van der Waals surface area contributed by atoms with Gasteiger partial charge in [-0.2, -0.15) is 5.10 Å². The molecule has 0 bridgehead atoms. The summed E-state index contributed by atoms with van der Waals surface area (Å²) in [5.74, 6) is 0.0924. The SMILES string of the molecule is Cn1cc2c(n1)C(CNC(=O)CC1=CCCCC1)OCC2. The van der Waals surface area contributed by atoms with Gasteiger partial charge in [-0.3, -0.25) is 9.48 Å². The van der Waals surface area contributed by atoms with Gasteiger partial charge in [0.1, 0.15) is 6.10 Å². The van der Waals surface area contributed by atoms with Crippen LogP contribution in [0.1, 0.15) is 49.5 Å². The highest BCUT2D eigenvalue weighted by atomic mass is 16.5. The molecule has 0 radical (unpaired) electrons. The summed E-state index contributed by atoms with van der Waals surface area (Å²) in [4.78, 5) is 12.0. The highest BCUT2D eigenvalue weighted by Crippen LogP contribution is 2.25. The van der Waals surface area contributed by atoms with Crippen LogP contribution in [0, 0.1) is 0 Å². The summed E-state index contributed by atoms with van der Waals surface area (Å²) in [6, 6.07) is 0. The van der Waals surface area contributed by atoms with Crippen molar-refractivity contribution >= 4 is 5.91 Å². The van der Waals surface area contributed by atoms with Crippen molar-refractivity contribution < 1.29 is 9.53 Å². The van der Waals surface area contributed by atoms with Crippen LogP contribution in [0.5, 0.6) is 0 Å². The summed E-state index contributed by atoms with van der Waals surface area (Å²) < 4.78 is 7.57. The van der Waals surface area contributed by atoms with Crippen molar-refractivity contribution in [1.82, 2.24) is 15.1 Å². The first kappa shape index (κ1) is 14.3. The number of rotatable bonds is 4. The lowest BCUT2D eigenvalue weighted by Crippen LogP contribution is -2.32. The van der Waals surface area contributed by atoms with Gasteiger partial charge in [-0.1, -0.05) is 11.6 Å². The van der Waals surface area contributed by atoms with Crippen LogP contribution in [0.25, 0.3) is 0 Å². The van der Waals surface area contributed by atoms with Crippen molar-refractivity contribution in [2.75, 3.05) is 13.2 Å². The lowest BCUT2D eigenvalue weighted by molar-refractivity contribution is -0.121. The molecule has 1 atom stereocenters. The van der Waals surface area contributed by atoms with Gasteiger partial charge in [-0.15, -0.1) is 0 Å². The second kappa shape index (κ2) is 6.43. The molecule has 0 saturated carbocycles. The number of hydrogen-bond donors (Lipinski definition) is 1. The van der Waals surface area contributed by atoms with Gasteiger partial charge in [0.25, 0.3) is 0 Å². The zero-order chi connectivity index (χ0) is 14.7. The summed E-state index contributed by atoms with van der Waals surface area (Å²) in [5.41, 5.74) is 3.49. The Balaban J connectivity index is 1.53. The summed E-state index contributed by atoms with van der Waals surface area (Å²) in [6.45, 7) is 1.21. The minimum atomic E-state index is -0.112. The molecule has 0 spiro atoms. The fourth-order valence-corrected chi connectivity index (χ4v) is 3.10. The smallest absolute Gasteiger partial charge is 0.224 e. The van der Waals surface area contributed by atoms with Crippen molar-refractivity contribution in [3.63, 3.8) is 0 Å². The van der Waals surface area contributed by atoms with E-state index in [1.807, 2.05) is 17.9 Å². The van der Waals surface area contributed by atoms with Gasteiger partial charge in [0.2, 0.25) is 5.91 Å². The molecular weight excluding hydrogens is 266 g/mol. The van der Waals surface area contributed by atoms with Gasteiger partial charge in [0.15, 0.2) is 0 Å². The highest BCUT2D eigenvalue weighted by molar-refractivity contribution is 5.78. The van der Waals surface area contributed by atoms with Crippen LogP contribution in [-0.4, -0.2) is 28.8 Å². The summed E-state index contributed by atoms with van der Waals surface area (Å²) in [7, 11) is 1.92. The maximum atomic E-state index is 12.0. The molecule has 21 heavy (non-hydrogen) atoms. The maximum Gasteiger partial charge on any atom is 0.224 e. The van der Waals surface area contributed by atoms with Gasteiger partial charge < -0.3 is 10.1 Å². The maximum absolute atomic E-state index is 12.0. The van der Waals surface area contributed by atoms with Gasteiger partial charge in [0, 0.05) is 26.2 Å². The Morgan fingerprint density at radius 3 is 3.19 bits per heavy atom. The average Bonchev–Trinajstić information content (AvgIpc) is 2.87. The van der Waals surface area contributed by atoms with Gasteiger partial charge in [0.05, 0.1) is 12.3 Å². The third-order valence-electron chi connectivity index (χ3n) is 4.19. The number of allylic oxidation sites excluding steroid dienone is 1. The number of aromatic nitrogens is 2. The number of ether oxygens (including phenoxy) is 1. The lowest BCUT2D eigenvalue weighted by atomic mass is 9.97. The van der Waals surface area contributed by atoms with Crippen molar-refractivity contribution in [3.8, 4) is 0 Å². The molecule has 1 N–H and O–H groups in total. The van der Waals surface area contributed by atoms with Crippen LogP contribution in [0.15, 0.2) is 17.8 Å². The Hall–Kier alpha value is -1.62. The monoisotopic (exact) mass is 289 g/mol. The third kappa shape index (κ3) is 3.53. The van der Waals surface area contributed by atoms with E-state index in [1.165, 1.54) is 24.0 Å². The minimum absolute atomic E-state index is 0.0924. The quantitative estimate of drug-likeness (QED) is 0.863. The van der Waals surface area contributed by atoms with Gasteiger partial charge >= 0.3 is 0 Å². The number of fused-ring (bicyclic) bond motifs is 1. The molecule has 5 heteroatoms. The summed E-state index contributed by atoms with van der Waals surface area (Å²) in [5, 5.41) is 7.45. The summed E-state index contributed by atoms with van der Waals surface area (Å²) in [6.07, 6.45) is 10.2. The van der Waals surface area contributed by atoms with E-state index in [0.717, 1.165) is 25.0 Å². The second-order valence-corrected chi connectivity index (χ2v) is 5.91. The van der Waals surface area contributed by atoms with Crippen molar-refractivity contribution in [1.29, 1.82) is 0 Å². The number of amides is 1. The predicted octanol–water partition coefficient (Wildman–Crippen LogP) is 2.04. The number of hydrogen-bond acceptors (Lipinski definition) is 3. The normalized spacial score (nSPS) is 21.6. The molecule has 2 heterocycles. The fourth-order valence-electron chi connectivity index (χ4n) is 3.10. The molecule has 0 fully saturated rings. The zero-order valence-electron chi connectivity index (χ0n) is 12.6. The Morgan fingerprint density at radius 1 is 1.48 bits per heavy atom. The Morgan fingerprint density at radius 2 is 2.38 bits per heavy atom. The Kier molecular flexibility index (Phi) is 4.39. The Labute approximate surface area is 125 Å². The first-order chi connectivity index (χ1) is 10.2. The molecular formula is C16H23N3O2. The van der Waals surface area contributed by atoms with Crippen LogP contribution in [0.2, 0.25) is 0 Å². The largest absolute Gasteiger partial charge is 0.370 e. The van der Waals surface area contributed by atoms with E-state index >= 15 is 0 Å². The van der Waals surface area contributed by atoms with E-state index in [1.54, 1.807) is 0 Å².